The van der Waals surface area contributed by atoms with E-state index in [0.29, 0.717) is 0 Å². The van der Waals surface area contributed by atoms with Gasteiger partial charge in [0.25, 0.3) is 0 Å². The van der Waals surface area contributed by atoms with Crippen LogP contribution in [-0.4, -0.2) is 24.9 Å². The molecule has 3 heteroatoms. The minimum atomic E-state index is -0.422. The van der Waals surface area contributed by atoms with Gasteiger partial charge in [-0.3, -0.25) is 4.79 Å². The van der Waals surface area contributed by atoms with Crippen LogP contribution in [0.3, 0.4) is 0 Å². The minimum absolute atomic E-state index is 0.422. The van der Waals surface area contributed by atoms with E-state index < -0.39 is 5.91 Å². The van der Waals surface area contributed by atoms with E-state index in [2.05, 4.69) is 4.90 Å². The molecule has 80 valence electrons. The molecule has 1 rings (SSSR count). The summed E-state index contributed by atoms with van der Waals surface area (Å²) in [5, 5.41) is 0. The molecule has 3 nitrogen and oxygen atoms in total. The van der Waals surface area contributed by atoms with Gasteiger partial charge in [-0.25, -0.2) is 0 Å². The normalized spacial score (nSPS) is 11.1. The van der Waals surface area contributed by atoms with E-state index in [1.54, 1.807) is 6.08 Å². The summed E-state index contributed by atoms with van der Waals surface area (Å²) in [5.41, 5.74) is 7.27. The first-order valence-corrected chi connectivity index (χ1v) is 4.80. The lowest BCUT2D eigenvalue weighted by Crippen LogP contribution is -2.11. The van der Waals surface area contributed by atoms with Crippen LogP contribution in [-0.2, 0) is 11.3 Å². The lowest BCUT2D eigenvalue weighted by atomic mass is 10.1. The second-order valence-electron chi connectivity index (χ2n) is 3.67. The molecule has 0 aliphatic carbocycles. The van der Waals surface area contributed by atoms with Gasteiger partial charge in [-0.15, -0.1) is 0 Å². The fourth-order valence-electron chi connectivity index (χ4n) is 1.35. The summed E-state index contributed by atoms with van der Waals surface area (Å²) in [6.07, 6.45) is 3.13. The van der Waals surface area contributed by atoms with E-state index in [1.807, 2.05) is 38.4 Å². The van der Waals surface area contributed by atoms with Gasteiger partial charge in [0.1, 0.15) is 0 Å². The van der Waals surface area contributed by atoms with Crippen molar-refractivity contribution in [1.29, 1.82) is 0 Å². The SMILES string of the molecule is CN(C)Cc1ccccc1/C=C/C(N)=O. The van der Waals surface area contributed by atoms with Crippen LogP contribution in [0.2, 0.25) is 0 Å². The van der Waals surface area contributed by atoms with Gasteiger partial charge in [0, 0.05) is 12.6 Å². The molecule has 1 aromatic rings. The Labute approximate surface area is 90.2 Å². The zero-order chi connectivity index (χ0) is 11.3. The van der Waals surface area contributed by atoms with Gasteiger partial charge in [-0.2, -0.15) is 0 Å². The van der Waals surface area contributed by atoms with Gasteiger partial charge in [0.05, 0.1) is 0 Å². The number of nitrogens with zero attached hydrogens (tertiary/aromatic N) is 1. The topological polar surface area (TPSA) is 46.3 Å². The maximum absolute atomic E-state index is 10.6. The van der Waals surface area contributed by atoms with E-state index >= 15 is 0 Å². The standard InChI is InChI=1S/C12H16N2O/c1-14(2)9-11-6-4-3-5-10(11)7-8-12(13)15/h3-8H,9H2,1-2H3,(H2,13,15)/b8-7+. The summed E-state index contributed by atoms with van der Waals surface area (Å²) in [5.74, 6) is -0.422. The summed E-state index contributed by atoms with van der Waals surface area (Å²) in [4.78, 5) is 12.7. The van der Waals surface area contributed by atoms with Gasteiger partial charge in [0.15, 0.2) is 0 Å². The van der Waals surface area contributed by atoms with Crippen molar-refractivity contribution in [2.45, 2.75) is 6.54 Å². The lowest BCUT2D eigenvalue weighted by molar-refractivity contribution is -0.113. The molecule has 0 unspecified atom stereocenters. The van der Waals surface area contributed by atoms with Crippen molar-refractivity contribution in [1.82, 2.24) is 4.90 Å². The van der Waals surface area contributed by atoms with Crippen LogP contribution in [0.25, 0.3) is 6.08 Å². The predicted octanol–water partition coefficient (Wildman–Crippen LogP) is 1.25. The van der Waals surface area contributed by atoms with E-state index in [0.717, 1.165) is 12.1 Å². The van der Waals surface area contributed by atoms with Crippen molar-refractivity contribution < 1.29 is 4.79 Å². The van der Waals surface area contributed by atoms with E-state index in [-0.39, 0.29) is 0 Å². The summed E-state index contributed by atoms with van der Waals surface area (Å²) in [6, 6.07) is 7.94. The lowest BCUT2D eigenvalue weighted by Gasteiger charge is -2.11. The summed E-state index contributed by atoms with van der Waals surface area (Å²) in [6.45, 7) is 0.847. The third-order valence-electron chi connectivity index (χ3n) is 1.97. The Morgan fingerprint density at radius 1 is 1.40 bits per heavy atom. The van der Waals surface area contributed by atoms with Crippen LogP contribution in [0.15, 0.2) is 30.3 Å². The van der Waals surface area contributed by atoms with Crippen LogP contribution in [0, 0.1) is 0 Å². The first-order chi connectivity index (χ1) is 7.09. The highest BCUT2D eigenvalue weighted by molar-refractivity contribution is 5.90. The van der Waals surface area contributed by atoms with Crippen molar-refractivity contribution in [3.05, 3.63) is 41.5 Å². The number of hydrogen-bond donors (Lipinski definition) is 1. The molecule has 0 saturated carbocycles. The molecule has 2 N–H and O–H groups in total. The number of primary amides is 1. The van der Waals surface area contributed by atoms with E-state index in [1.165, 1.54) is 11.6 Å². The minimum Gasteiger partial charge on any atom is -0.366 e. The Hall–Kier alpha value is -1.61. The Kier molecular flexibility index (Phi) is 4.06. The average molecular weight is 204 g/mol. The van der Waals surface area contributed by atoms with Crippen LogP contribution in [0.4, 0.5) is 0 Å². The van der Waals surface area contributed by atoms with Crippen molar-refractivity contribution in [2.75, 3.05) is 14.1 Å². The largest absolute Gasteiger partial charge is 0.366 e. The third-order valence-corrected chi connectivity index (χ3v) is 1.97. The monoisotopic (exact) mass is 204 g/mol. The fraction of sp³-hybridized carbons (Fsp3) is 0.250. The van der Waals surface area contributed by atoms with Crippen molar-refractivity contribution >= 4 is 12.0 Å². The molecule has 0 bridgehead atoms. The first kappa shape index (κ1) is 11.5. The number of benzene rings is 1. The Morgan fingerprint density at radius 2 is 2.07 bits per heavy atom. The summed E-state index contributed by atoms with van der Waals surface area (Å²) >= 11 is 0. The number of hydrogen-bond acceptors (Lipinski definition) is 2. The predicted molar refractivity (Wildman–Crippen MR) is 62.1 cm³/mol. The van der Waals surface area contributed by atoms with Crippen LogP contribution < -0.4 is 5.73 Å². The molecular formula is C12H16N2O. The van der Waals surface area contributed by atoms with Gasteiger partial charge in [-0.05, 0) is 31.3 Å². The maximum atomic E-state index is 10.6. The Morgan fingerprint density at radius 3 is 2.67 bits per heavy atom. The molecule has 0 saturated heterocycles. The first-order valence-electron chi connectivity index (χ1n) is 4.80. The zero-order valence-corrected chi connectivity index (χ0v) is 9.10. The molecule has 0 heterocycles. The number of nitrogens with two attached hydrogens (primary N) is 1. The van der Waals surface area contributed by atoms with Gasteiger partial charge in [0.2, 0.25) is 5.91 Å². The number of carbonyl (C=O) groups is 1. The summed E-state index contributed by atoms with van der Waals surface area (Å²) < 4.78 is 0. The Bertz CT molecular complexity index is 370. The highest BCUT2D eigenvalue weighted by Crippen LogP contribution is 2.11. The van der Waals surface area contributed by atoms with E-state index in [9.17, 15) is 4.79 Å². The zero-order valence-electron chi connectivity index (χ0n) is 9.10. The number of carbonyl (C=O) groups excluding carboxylic acids is 1. The van der Waals surface area contributed by atoms with E-state index in [4.69, 9.17) is 5.73 Å². The van der Waals surface area contributed by atoms with Gasteiger partial charge >= 0.3 is 0 Å². The number of amides is 1. The van der Waals surface area contributed by atoms with Crippen molar-refractivity contribution in [3.63, 3.8) is 0 Å². The molecule has 0 aliphatic rings. The quantitative estimate of drug-likeness (QED) is 0.750. The molecule has 0 radical (unpaired) electrons. The second-order valence-corrected chi connectivity index (χ2v) is 3.67. The van der Waals surface area contributed by atoms with Crippen LogP contribution in [0.5, 0.6) is 0 Å². The Balaban J connectivity index is 2.91. The molecule has 1 aromatic carbocycles. The molecular weight excluding hydrogens is 188 g/mol. The number of rotatable bonds is 4. The molecule has 15 heavy (non-hydrogen) atoms. The van der Waals surface area contributed by atoms with Crippen molar-refractivity contribution in [3.8, 4) is 0 Å². The average Bonchev–Trinajstić information content (AvgIpc) is 2.15. The maximum Gasteiger partial charge on any atom is 0.241 e. The molecule has 0 fully saturated rings. The molecule has 0 aliphatic heterocycles. The highest BCUT2D eigenvalue weighted by Gasteiger charge is 1.99. The second kappa shape index (κ2) is 5.32. The molecule has 0 aromatic heterocycles. The summed E-state index contributed by atoms with van der Waals surface area (Å²) in [7, 11) is 4.02. The fourth-order valence-corrected chi connectivity index (χ4v) is 1.35. The van der Waals surface area contributed by atoms with Crippen molar-refractivity contribution in [2.24, 2.45) is 5.73 Å². The van der Waals surface area contributed by atoms with Gasteiger partial charge in [-0.1, -0.05) is 24.3 Å². The third kappa shape index (κ3) is 3.95. The van der Waals surface area contributed by atoms with Crippen LogP contribution >= 0.6 is 0 Å². The molecule has 1 amide bonds. The smallest absolute Gasteiger partial charge is 0.241 e. The molecule has 0 atom stereocenters. The highest BCUT2D eigenvalue weighted by atomic mass is 16.1. The van der Waals surface area contributed by atoms with Crippen LogP contribution in [0.1, 0.15) is 11.1 Å². The molecule has 0 spiro atoms. The van der Waals surface area contributed by atoms with Gasteiger partial charge < -0.3 is 10.6 Å².